The van der Waals surface area contributed by atoms with Crippen molar-refractivity contribution < 1.29 is 23.1 Å². The van der Waals surface area contributed by atoms with Crippen LogP contribution >= 0.6 is 0 Å². The van der Waals surface area contributed by atoms with Gasteiger partial charge in [-0.05, 0) is 43.7 Å². The maximum atomic E-state index is 13.0. The van der Waals surface area contributed by atoms with E-state index in [1.165, 1.54) is 12.1 Å². The average molecular weight is 489 g/mol. The minimum Gasteiger partial charge on any atom is -0.481 e. The summed E-state index contributed by atoms with van der Waals surface area (Å²) in [6.45, 7) is 11.0. The van der Waals surface area contributed by atoms with Crippen LogP contribution in [0.4, 0.5) is 19.0 Å². The van der Waals surface area contributed by atoms with Crippen LogP contribution in [0.1, 0.15) is 63.3 Å². The van der Waals surface area contributed by atoms with Crippen molar-refractivity contribution in [1.82, 2.24) is 14.6 Å². The molecule has 35 heavy (non-hydrogen) atoms. The first-order valence-corrected chi connectivity index (χ1v) is 11.9. The molecule has 1 aromatic carbocycles. The van der Waals surface area contributed by atoms with Gasteiger partial charge in [0.25, 0.3) is 0 Å². The first kappa shape index (κ1) is 25.0. The van der Waals surface area contributed by atoms with Crippen LogP contribution in [0.15, 0.2) is 30.3 Å². The molecule has 1 aliphatic heterocycles. The maximum absolute atomic E-state index is 13.0. The smallest absolute Gasteiger partial charge is 0.416 e. The normalized spacial score (nSPS) is 19.2. The molecule has 1 atom stereocenters. The number of anilines is 1. The summed E-state index contributed by atoms with van der Waals surface area (Å²) in [5.41, 5.74) is 1.87. The highest BCUT2D eigenvalue weighted by molar-refractivity contribution is 5.77. The van der Waals surface area contributed by atoms with Gasteiger partial charge in [-0.15, -0.1) is 0 Å². The molecule has 2 aromatic heterocycles. The summed E-state index contributed by atoms with van der Waals surface area (Å²) >= 11 is 0. The number of hydrogen-bond acceptors (Lipinski definition) is 4. The van der Waals surface area contributed by atoms with Crippen LogP contribution in [0.5, 0.6) is 0 Å². The Morgan fingerprint density at radius 1 is 1.14 bits per heavy atom. The number of carbonyl (C=O) groups is 1. The maximum Gasteiger partial charge on any atom is 0.416 e. The fourth-order valence-corrected chi connectivity index (χ4v) is 5.22. The van der Waals surface area contributed by atoms with Crippen LogP contribution < -0.4 is 4.90 Å². The van der Waals surface area contributed by atoms with Crippen LogP contribution in [0.25, 0.3) is 16.9 Å². The lowest BCUT2D eigenvalue weighted by Crippen LogP contribution is -2.51. The van der Waals surface area contributed by atoms with E-state index in [1.54, 1.807) is 10.6 Å². The van der Waals surface area contributed by atoms with Crippen molar-refractivity contribution in [3.63, 3.8) is 0 Å². The Kier molecular flexibility index (Phi) is 6.32. The summed E-state index contributed by atoms with van der Waals surface area (Å²) in [6.07, 6.45) is -3.06. The second-order valence-corrected chi connectivity index (χ2v) is 10.1. The molecule has 0 spiro atoms. The van der Waals surface area contributed by atoms with E-state index in [0.717, 1.165) is 35.6 Å². The number of aryl methyl sites for hydroxylation is 1. The number of hydrogen-bond donors (Lipinski definition) is 1. The molecule has 3 aromatic rings. The summed E-state index contributed by atoms with van der Waals surface area (Å²) < 4.78 is 40.8. The molecule has 9 heteroatoms. The van der Waals surface area contributed by atoms with E-state index in [4.69, 9.17) is 10.1 Å². The highest BCUT2D eigenvalue weighted by atomic mass is 19.4. The summed E-state index contributed by atoms with van der Waals surface area (Å²) in [7, 11) is 0. The van der Waals surface area contributed by atoms with Gasteiger partial charge in [0.1, 0.15) is 5.82 Å². The fourth-order valence-electron chi connectivity index (χ4n) is 5.22. The number of alkyl halides is 3. The van der Waals surface area contributed by atoms with Crippen LogP contribution in [0.2, 0.25) is 0 Å². The van der Waals surface area contributed by atoms with Crippen molar-refractivity contribution in [3.8, 4) is 11.3 Å². The molecule has 188 valence electrons. The van der Waals surface area contributed by atoms with Gasteiger partial charge in [0.2, 0.25) is 0 Å². The van der Waals surface area contributed by atoms with Crippen molar-refractivity contribution in [3.05, 3.63) is 47.2 Å². The van der Waals surface area contributed by atoms with Crippen molar-refractivity contribution in [1.29, 1.82) is 0 Å². The molecule has 3 heterocycles. The zero-order chi connectivity index (χ0) is 25.7. The number of aromatic nitrogens is 3. The Bertz CT molecular complexity index is 1250. The van der Waals surface area contributed by atoms with Gasteiger partial charge in [-0.3, -0.25) is 4.79 Å². The molecule has 0 radical (unpaired) electrons. The van der Waals surface area contributed by atoms with Gasteiger partial charge in [-0.2, -0.15) is 22.8 Å². The SMILES string of the molecule is Cc1nc2cc(-c3ccc(C(F)(F)F)cc3)nn2c(N2CCC[C@](C(=O)O)(C(C)C)C2)c1C(C)C. The van der Waals surface area contributed by atoms with Crippen LogP contribution in [0.3, 0.4) is 0 Å². The fraction of sp³-hybridized carbons (Fsp3) is 0.500. The molecule has 1 saturated heterocycles. The van der Waals surface area contributed by atoms with Crippen molar-refractivity contribution in [2.75, 3.05) is 18.0 Å². The predicted octanol–water partition coefficient (Wildman–Crippen LogP) is 6.17. The van der Waals surface area contributed by atoms with E-state index in [9.17, 15) is 23.1 Å². The summed E-state index contributed by atoms with van der Waals surface area (Å²) in [4.78, 5) is 19.2. The average Bonchev–Trinajstić information content (AvgIpc) is 3.20. The van der Waals surface area contributed by atoms with Crippen LogP contribution in [-0.4, -0.2) is 38.8 Å². The van der Waals surface area contributed by atoms with E-state index in [2.05, 4.69) is 18.7 Å². The van der Waals surface area contributed by atoms with Crippen molar-refractivity contribution in [2.45, 2.75) is 59.6 Å². The molecule has 1 fully saturated rings. The standard InChI is InChI=1S/C26H31F3N4O2/c1-15(2)22-17(5)30-21-13-20(18-7-9-19(10-8-18)26(27,28)29)31-33(21)23(22)32-12-6-11-25(14-32,16(3)4)24(34)35/h7-10,13,15-16H,6,11-12,14H2,1-5H3,(H,34,35)/t25-/m1/s1. The Balaban J connectivity index is 1.87. The Morgan fingerprint density at radius 2 is 1.80 bits per heavy atom. The second-order valence-electron chi connectivity index (χ2n) is 10.1. The summed E-state index contributed by atoms with van der Waals surface area (Å²) in [5.74, 6) is 0.0766. The molecule has 1 aliphatic rings. The first-order valence-electron chi connectivity index (χ1n) is 11.9. The molecule has 0 amide bonds. The lowest BCUT2D eigenvalue weighted by Gasteiger charge is -2.44. The minimum atomic E-state index is -4.41. The highest BCUT2D eigenvalue weighted by Crippen LogP contribution is 2.42. The highest BCUT2D eigenvalue weighted by Gasteiger charge is 2.46. The van der Waals surface area contributed by atoms with E-state index in [0.29, 0.717) is 36.4 Å². The van der Waals surface area contributed by atoms with Crippen molar-refractivity contribution >= 4 is 17.4 Å². The monoisotopic (exact) mass is 488 g/mol. The molecular formula is C26H31F3N4O2. The molecular weight excluding hydrogens is 457 g/mol. The number of carboxylic acid groups (broad SMARTS) is 1. The van der Waals surface area contributed by atoms with Gasteiger partial charge >= 0.3 is 12.1 Å². The third-order valence-corrected chi connectivity index (χ3v) is 7.24. The first-order chi connectivity index (χ1) is 16.3. The van der Waals surface area contributed by atoms with E-state index < -0.39 is 23.1 Å². The second kappa shape index (κ2) is 8.84. The van der Waals surface area contributed by atoms with Crippen LogP contribution in [-0.2, 0) is 11.0 Å². The van der Waals surface area contributed by atoms with Crippen LogP contribution in [0, 0.1) is 18.3 Å². The number of nitrogens with zero attached hydrogens (tertiary/aromatic N) is 4. The third-order valence-electron chi connectivity index (χ3n) is 7.24. The summed E-state index contributed by atoms with van der Waals surface area (Å²) in [5, 5.41) is 14.9. The quantitative estimate of drug-likeness (QED) is 0.465. The summed E-state index contributed by atoms with van der Waals surface area (Å²) in [6, 6.07) is 6.69. The molecule has 0 unspecified atom stereocenters. The topological polar surface area (TPSA) is 70.7 Å². The molecule has 0 aliphatic carbocycles. The molecule has 0 bridgehead atoms. The minimum absolute atomic E-state index is 0.0518. The molecule has 4 rings (SSSR count). The third kappa shape index (κ3) is 4.36. The number of halogens is 3. The zero-order valence-electron chi connectivity index (χ0n) is 20.6. The lowest BCUT2D eigenvalue weighted by molar-refractivity contribution is -0.152. The molecule has 1 N–H and O–H groups in total. The van der Waals surface area contributed by atoms with E-state index >= 15 is 0 Å². The van der Waals surface area contributed by atoms with Gasteiger partial charge in [0.15, 0.2) is 5.65 Å². The van der Waals surface area contributed by atoms with Gasteiger partial charge in [-0.1, -0.05) is 39.8 Å². The number of rotatable bonds is 5. The van der Waals surface area contributed by atoms with Gasteiger partial charge in [-0.25, -0.2) is 4.98 Å². The number of aliphatic carboxylic acids is 1. The van der Waals surface area contributed by atoms with Gasteiger partial charge in [0, 0.05) is 36.0 Å². The van der Waals surface area contributed by atoms with Gasteiger partial charge < -0.3 is 10.0 Å². The van der Waals surface area contributed by atoms with Gasteiger partial charge in [0.05, 0.1) is 16.7 Å². The number of piperidine rings is 1. The predicted molar refractivity (Wildman–Crippen MR) is 129 cm³/mol. The molecule has 0 saturated carbocycles. The Labute approximate surface area is 202 Å². The number of carboxylic acids is 1. The Hall–Kier alpha value is -3.10. The largest absolute Gasteiger partial charge is 0.481 e. The lowest BCUT2D eigenvalue weighted by atomic mass is 9.71. The number of benzene rings is 1. The Morgan fingerprint density at radius 3 is 2.34 bits per heavy atom. The van der Waals surface area contributed by atoms with E-state index in [-0.39, 0.29) is 11.8 Å². The van der Waals surface area contributed by atoms with Crippen molar-refractivity contribution in [2.24, 2.45) is 11.3 Å². The number of fused-ring (bicyclic) bond motifs is 1. The molecule has 6 nitrogen and oxygen atoms in total. The zero-order valence-corrected chi connectivity index (χ0v) is 20.6. The van der Waals surface area contributed by atoms with E-state index in [1.807, 2.05) is 20.8 Å².